The minimum absolute atomic E-state index is 0.00235. The van der Waals surface area contributed by atoms with Gasteiger partial charge < -0.3 is 4.74 Å². The van der Waals surface area contributed by atoms with Gasteiger partial charge in [-0.3, -0.25) is 0 Å². The van der Waals surface area contributed by atoms with Crippen molar-refractivity contribution in [3.63, 3.8) is 0 Å². The Balaban J connectivity index is 2.14. The van der Waals surface area contributed by atoms with E-state index in [1.807, 2.05) is 0 Å². The molecule has 0 amide bonds. The predicted molar refractivity (Wildman–Crippen MR) is 71.7 cm³/mol. The standard InChI is InChI=1S/C14H10Cl2F2O/c15-7-10-5-11(16)2-4-14(10)19-8-9-1-3-12(17)6-13(9)18/h1-6H,7-8H2. The zero-order valence-electron chi connectivity index (χ0n) is 9.80. The van der Waals surface area contributed by atoms with E-state index in [-0.39, 0.29) is 18.1 Å². The molecule has 19 heavy (non-hydrogen) atoms. The topological polar surface area (TPSA) is 9.23 Å². The molecular formula is C14H10Cl2F2O. The van der Waals surface area contributed by atoms with Crippen molar-refractivity contribution in [1.29, 1.82) is 0 Å². The zero-order valence-corrected chi connectivity index (χ0v) is 11.3. The van der Waals surface area contributed by atoms with E-state index < -0.39 is 11.6 Å². The normalized spacial score (nSPS) is 10.5. The molecule has 2 rings (SSSR count). The summed E-state index contributed by atoms with van der Waals surface area (Å²) < 4.78 is 31.7. The number of rotatable bonds is 4. The Bertz CT molecular complexity index is 588. The summed E-state index contributed by atoms with van der Waals surface area (Å²) in [5.41, 5.74) is 0.994. The fraction of sp³-hybridized carbons (Fsp3) is 0.143. The van der Waals surface area contributed by atoms with Gasteiger partial charge in [-0.1, -0.05) is 11.6 Å². The van der Waals surface area contributed by atoms with Crippen molar-refractivity contribution in [3.8, 4) is 5.75 Å². The Morgan fingerprint density at radius 3 is 2.47 bits per heavy atom. The fourth-order valence-corrected chi connectivity index (χ4v) is 1.99. The van der Waals surface area contributed by atoms with Crippen LogP contribution in [-0.2, 0) is 12.5 Å². The van der Waals surface area contributed by atoms with Crippen molar-refractivity contribution in [2.45, 2.75) is 12.5 Å². The molecule has 0 saturated heterocycles. The predicted octanol–water partition coefficient (Wildman–Crippen LogP) is 4.94. The number of alkyl halides is 1. The average Bonchev–Trinajstić information content (AvgIpc) is 2.39. The first-order valence-corrected chi connectivity index (χ1v) is 6.42. The van der Waals surface area contributed by atoms with Gasteiger partial charge in [-0.2, -0.15) is 0 Å². The van der Waals surface area contributed by atoms with E-state index >= 15 is 0 Å². The SMILES string of the molecule is Fc1ccc(COc2ccc(Cl)cc2CCl)c(F)c1. The first kappa shape index (κ1) is 14.1. The molecule has 0 fully saturated rings. The second kappa shape index (κ2) is 6.22. The quantitative estimate of drug-likeness (QED) is 0.727. The second-order valence-electron chi connectivity index (χ2n) is 3.91. The Morgan fingerprint density at radius 1 is 1.00 bits per heavy atom. The van der Waals surface area contributed by atoms with Gasteiger partial charge in [0.15, 0.2) is 0 Å². The van der Waals surface area contributed by atoms with Crippen molar-refractivity contribution in [3.05, 3.63) is 64.2 Å². The molecule has 0 unspecified atom stereocenters. The third-order valence-electron chi connectivity index (χ3n) is 2.56. The van der Waals surface area contributed by atoms with Gasteiger partial charge >= 0.3 is 0 Å². The molecule has 2 aromatic rings. The summed E-state index contributed by atoms with van der Waals surface area (Å²) in [6.45, 7) is -0.00235. The van der Waals surface area contributed by atoms with Crippen LogP contribution in [0.3, 0.4) is 0 Å². The van der Waals surface area contributed by atoms with Crippen LogP contribution in [0.4, 0.5) is 8.78 Å². The van der Waals surface area contributed by atoms with Crippen LogP contribution in [0.1, 0.15) is 11.1 Å². The Labute approximate surface area is 119 Å². The molecule has 100 valence electrons. The monoisotopic (exact) mass is 302 g/mol. The summed E-state index contributed by atoms with van der Waals surface area (Å²) in [6.07, 6.45) is 0. The van der Waals surface area contributed by atoms with Crippen LogP contribution in [0.2, 0.25) is 5.02 Å². The number of hydrogen-bond acceptors (Lipinski definition) is 1. The van der Waals surface area contributed by atoms with Crippen molar-refractivity contribution in [1.82, 2.24) is 0 Å². The van der Waals surface area contributed by atoms with Crippen LogP contribution in [0.25, 0.3) is 0 Å². The van der Waals surface area contributed by atoms with Crippen LogP contribution in [0, 0.1) is 11.6 Å². The lowest BCUT2D eigenvalue weighted by Gasteiger charge is -2.11. The molecule has 0 spiro atoms. The van der Waals surface area contributed by atoms with Gasteiger partial charge in [0.1, 0.15) is 24.0 Å². The minimum Gasteiger partial charge on any atom is -0.488 e. The smallest absolute Gasteiger partial charge is 0.132 e. The van der Waals surface area contributed by atoms with Gasteiger partial charge in [0.2, 0.25) is 0 Å². The van der Waals surface area contributed by atoms with Crippen molar-refractivity contribution in [2.75, 3.05) is 0 Å². The molecule has 0 aliphatic carbocycles. The van der Waals surface area contributed by atoms with E-state index in [2.05, 4.69) is 0 Å². The molecule has 0 radical (unpaired) electrons. The molecule has 0 saturated carbocycles. The zero-order chi connectivity index (χ0) is 13.8. The van der Waals surface area contributed by atoms with Crippen LogP contribution in [0.5, 0.6) is 5.75 Å². The third-order valence-corrected chi connectivity index (χ3v) is 3.09. The molecule has 0 atom stereocenters. The van der Waals surface area contributed by atoms with Crippen molar-refractivity contribution >= 4 is 23.2 Å². The molecule has 0 aliphatic heterocycles. The molecule has 0 aliphatic rings. The Hall–Kier alpha value is -1.32. The maximum Gasteiger partial charge on any atom is 0.132 e. The van der Waals surface area contributed by atoms with Crippen LogP contribution in [-0.4, -0.2) is 0 Å². The fourth-order valence-electron chi connectivity index (χ4n) is 1.59. The lowest BCUT2D eigenvalue weighted by atomic mass is 10.2. The summed E-state index contributed by atoms with van der Waals surface area (Å²) in [5.74, 6) is -0.486. The highest BCUT2D eigenvalue weighted by molar-refractivity contribution is 6.30. The maximum atomic E-state index is 13.4. The summed E-state index contributed by atoms with van der Waals surface area (Å²) >= 11 is 11.6. The molecule has 1 nitrogen and oxygen atoms in total. The first-order chi connectivity index (χ1) is 9.10. The van der Waals surface area contributed by atoms with Gasteiger partial charge in [-0.05, 0) is 30.3 Å². The molecule has 0 aromatic heterocycles. The molecule has 0 bridgehead atoms. The summed E-state index contributed by atoms with van der Waals surface area (Å²) in [6, 6.07) is 8.37. The largest absolute Gasteiger partial charge is 0.488 e. The Kier molecular flexibility index (Phi) is 4.61. The highest BCUT2D eigenvalue weighted by Crippen LogP contribution is 2.25. The van der Waals surface area contributed by atoms with Gasteiger partial charge in [-0.25, -0.2) is 8.78 Å². The number of hydrogen-bond donors (Lipinski definition) is 0. The minimum atomic E-state index is -0.638. The average molecular weight is 303 g/mol. The lowest BCUT2D eigenvalue weighted by Crippen LogP contribution is -2.00. The van der Waals surface area contributed by atoms with Crippen molar-refractivity contribution < 1.29 is 13.5 Å². The second-order valence-corrected chi connectivity index (χ2v) is 4.61. The summed E-state index contributed by atoms with van der Waals surface area (Å²) in [7, 11) is 0. The van der Waals surface area contributed by atoms with Gasteiger partial charge in [-0.15, -0.1) is 11.6 Å². The highest BCUT2D eigenvalue weighted by Gasteiger charge is 2.07. The number of ether oxygens (including phenoxy) is 1. The van der Waals surface area contributed by atoms with Crippen LogP contribution in [0.15, 0.2) is 36.4 Å². The van der Waals surface area contributed by atoms with E-state index in [9.17, 15) is 8.78 Å². The van der Waals surface area contributed by atoms with Gasteiger partial charge in [0, 0.05) is 22.2 Å². The third kappa shape index (κ3) is 3.58. The number of halogens is 4. The first-order valence-electron chi connectivity index (χ1n) is 5.51. The van der Waals surface area contributed by atoms with Gasteiger partial charge in [0.25, 0.3) is 0 Å². The number of benzene rings is 2. The van der Waals surface area contributed by atoms with E-state index in [1.165, 1.54) is 12.1 Å². The van der Waals surface area contributed by atoms with Gasteiger partial charge in [0.05, 0.1) is 5.88 Å². The maximum absolute atomic E-state index is 13.4. The van der Waals surface area contributed by atoms with E-state index in [4.69, 9.17) is 27.9 Å². The summed E-state index contributed by atoms with van der Waals surface area (Å²) in [5, 5.41) is 0.552. The van der Waals surface area contributed by atoms with E-state index in [0.717, 1.165) is 11.6 Å². The molecule has 2 aromatic carbocycles. The molecule has 5 heteroatoms. The van der Waals surface area contributed by atoms with Crippen LogP contribution >= 0.6 is 23.2 Å². The van der Waals surface area contributed by atoms with E-state index in [0.29, 0.717) is 10.8 Å². The molecular weight excluding hydrogens is 293 g/mol. The molecule has 0 N–H and O–H groups in total. The lowest BCUT2D eigenvalue weighted by molar-refractivity contribution is 0.297. The van der Waals surface area contributed by atoms with Crippen molar-refractivity contribution in [2.24, 2.45) is 0 Å². The highest BCUT2D eigenvalue weighted by atomic mass is 35.5. The van der Waals surface area contributed by atoms with E-state index in [1.54, 1.807) is 18.2 Å². The Morgan fingerprint density at radius 2 is 1.79 bits per heavy atom. The molecule has 0 heterocycles. The van der Waals surface area contributed by atoms with Crippen LogP contribution < -0.4 is 4.74 Å². The summed E-state index contributed by atoms with van der Waals surface area (Å²) in [4.78, 5) is 0.